The van der Waals surface area contributed by atoms with Crippen LogP contribution in [-0.4, -0.2) is 16.2 Å². The third-order valence-corrected chi connectivity index (χ3v) is 5.05. The van der Waals surface area contributed by atoms with Gasteiger partial charge in [-0.3, -0.25) is 5.32 Å². The van der Waals surface area contributed by atoms with Crippen LogP contribution >= 0.6 is 11.3 Å². The average Bonchev–Trinajstić information content (AvgIpc) is 2.99. The first kappa shape index (κ1) is 15.9. The number of nitrogens with one attached hydrogen (secondary N) is 2. The summed E-state index contributed by atoms with van der Waals surface area (Å²) in [5.74, 6) is 0.147. The largest absolute Gasteiger partial charge is 0.325 e. The van der Waals surface area contributed by atoms with Gasteiger partial charge in [-0.15, -0.1) is 10.2 Å². The molecule has 3 rings (SSSR count). The highest BCUT2D eigenvalue weighted by Crippen LogP contribution is 2.35. The van der Waals surface area contributed by atoms with Crippen molar-refractivity contribution in [1.82, 2.24) is 10.2 Å². The number of hydrogen-bond acceptors (Lipinski definition) is 4. The standard InChI is InChI=1S/C16H19FN4OS/c1-10-9-12(17)7-8-13(10)18-15(22)19-16-21-20-14(23-16)11-5-3-2-4-6-11/h7-9,11H,2-6H2,1H3,(H2,18,19,21,22). The molecule has 1 fully saturated rings. The molecule has 0 bridgehead atoms. The van der Waals surface area contributed by atoms with E-state index in [-0.39, 0.29) is 5.82 Å². The lowest BCUT2D eigenvalue weighted by Gasteiger charge is -2.18. The zero-order valence-electron chi connectivity index (χ0n) is 12.9. The lowest BCUT2D eigenvalue weighted by molar-refractivity contribution is 0.262. The number of hydrogen-bond donors (Lipinski definition) is 2. The number of halogens is 1. The van der Waals surface area contributed by atoms with Gasteiger partial charge in [0.15, 0.2) is 0 Å². The van der Waals surface area contributed by atoms with Gasteiger partial charge < -0.3 is 5.32 Å². The van der Waals surface area contributed by atoms with Crippen molar-refractivity contribution in [3.05, 3.63) is 34.6 Å². The summed E-state index contributed by atoms with van der Waals surface area (Å²) in [5, 5.41) is 15.1. The Morgan fingerprint density at radius 1 is 1.22 bits per heavy atom. The molecule has 23 heavy (non-hydrogen) atoms. The Kier molecular flexibility index (Phi) is 4.85. The second kappa shape index (κ2) is 7.04. The van der Waals surface area contributed by atoms with Gasteiger partial charge in [0, 0.05) is 11.6 Å². The lowest BCUT2D eigenvalue weighted by atomic mass is 9.90. The van der Waals surface area contributed by atoms with Gasteiger partial charge in [0.2, 0.25) is 5.13 Å². The number of aryl methyl sites for hydroxylation is 1. The van der Waals surface area contributed by atoms with E-state index in [0.717, 1.165) is 17.8 Å². The maximum Gasteiger partial charge on any atom is 0.325 e. The molecule has 5 nitrogen and oxygen atoms in total. The van der Waals surface area contributed by atoms with Gasteiger partial charge in [-0.1, -0.05) is 30.6 Å². The van der Waals surface area contributed by atoms with Crippen LogP contribution in [0.3, 0.4) is 0 Å². The molecule has 1 saturated carbocycles. The minimum atomic E-state index is -0.397. The Morgan fingerprint density at radius 2 is 2.00 bits per heavy atom. The molecule has 1 aromatic carbocycles. The Labute approximate surface area is 138 Å². The van der Waals surface area contributed by atoms with E-state index in [1.807, 2.05) is 0 Å². The molecule has 1 heterocycles. The number of urea groups is 1. The van der Waals surface area contributed by atoms with Gasteiger partial charge in [-0.25, -0.2) is 9.18 Å². The first-order valence-corrected chi connectivity index (χ1v) is 8.61. The second-order valence-corrected chi connectivity index (χ2v) is 6.83. The molecular formula is C16H19FN4OS. The maximum absolute atomic E-state index is 13.1. The predicted molar refractivity (Wildman–Crippen MR) is 89.5 cm³/mol. The Hall–Kier alpha value is -2.02. The molecule has 0 saturated heterocycles. The van der Waals surface area contributed by atoms with Gasteiger partial charge in [-0.2, -0.15) is 0 Å². The zero-order chi connectivity index (χ0) is 16.2. The minimum absolute atomic E-state index is 0.324. The molecule has 122 valence electrons. The van der Waals surface area contributed by atoms with Crippen molar-refractivity contribution in [1.29, 1.82) is 0 Å². The van der Waals surface area contributed by atoms with Crippen LogP contribution in [0.5, 0.6) is 0 Å². The summed E-state index contributed by atoms with van der Waals surface area (Å²) < 4.78 is 13.1. The maximum atomic E-state index is 13.1. The highest BCUT2D eigenvalue weighted by Gasteiger charge is 2.20. The van der Waals surface area contributed by atoms with Crippen LogP contribution in [0.4, 0.5) is 20.0 Å². The van der Waals surface area contributed by atoms with Crippen molar-refractivity contribution in [3.8, 4) is 0 Å². The first-order chi connectivity index (χ1) is 11.1. The van der Waals surface area contributed by atoms with Crippen molar-refractivity contribution in [2.24, 2.45) is 0 Å². The van der Waals surface area contributed by atoms with Crippen molar-refractivity contribution >= 4 is 28.2 Å². The number of benzene rings is 1. The second-order valence-electron chi connectivity index (χ2n) is 5.82. The van der Waals surface area contributed by atoms with Crippen LogP contribution in [-0.2, 0) is 0 Å². The van der Waals surface area contributed by atoms with Crippen LogP contribution in [0.2, 0.25) is 0 Å². The Morgan fingerprint density at radius 3 is 2.74 bits per heavy atom. The molecule has 1 aliphatic rings. The third-order valence-electron chi connectivity index (χ3n) is 4.05. The van der Waals surface area contributed by atoms with E-state index in [9.17, 15) is 9.18 Å². The number of carbonyl (C=O) groups excluding carboxylic acids is 1. The molecule has 1 aromatic heterocycles. The summed E-state index contributed by atoms with van der Waals surface area (Å²) in [6.07, 6.45) is 6.06. The molecule has 1 aliphatic carbocycles. The smallest absolute Gasteiger partial charge is 0.307 e. The Balaban J connectivity index is 1.60. The van der Waals surface area contributed by atoms with E-state index in [4.69, 9.17) is 0 Å². The average molecular weight is 334 g/mol. The van der Waals surface area contributed by atoms with Gasteiger partial charge in [0.1, 0.15) is 10.8 Å². The van der Waals surface area contributed by atoms with E-state index in [0.29, 0.717) is 22.3 Å². The van der Waals surface area contributed by atoms with Gasteiger partial charge in [0.25, 0.3) is 0 Å². The van der Waals surface area contributed by atoms with Crippen LogP contribution in [0, 0.1) is 12.7 Å². The normalized spacial score (nSPS) is 15.4. The summed E-state index contributed by atoms with van der Waals surface area (Å²) >= 11 is 1.43. The number of amides is 2. The van der Waals surface area contributed by atoms with Gasteiger partial charge >= 0.3 is 6.03 Å². The summed E-state index contributed by atoms with van der Waals surface area (Å²) in [6.45, 7) is 1.74. The first-order valence-electron chi connectivity index (χ1n) is 7.79. The summed E-state index contributed by atoms with van der Waals surface area (Å²) in [7, 11) is 0. The van der Waals surface area contributed by atoms with Crippen molar-refractivity contribution in [3.63, 3.8) is 0 Å². The number of aromatic nitrogens is 2. The third kappa shape index (κ3) is 4.04. The van der Waals surface area contributed by atoms with E-state index >= 15 is 0 Å². The van der Waals surface area contributed by atoms with E-state index < -0.39 is 6.03 Å². The summed E-state index contributed by atoms with van der Waals surface area (Å²) in [6, 6.07) is 3.83. The zero-order valence-corrected chi connectivity index (χ0v) is 13.8. The van der Waals surface area contributed by atoms with E-state index in [1.54, 1.807) is 6.92 Å². The molecule has 7 heteroatoms. The lowest BCUT2D eigenvalue weighted by Crippen LogP contribution is -2.19. The van der Waals surface area contributed by atoms with Crippen molar-refractivity contribution < 1.29 is 9.18 Å². The topological polar surface area (TPSA) is 66.9 Å². The van der Waals surface area contributed by atoms with Crippen LogP contribution in [0.1, 0.15) is 48.6 Å². The fourth-order valence-corrected chi connectivity index (χ4v) is 3.73. The molecule has 0 radical (unpaired) electrons. The highest BCUT2D eigenvalue weighted by atomic mass is 32.1. The molecular weight excluding hydrogens is 315 g/mol. The molecule has 0 unspecified atom stereocenters. The molecule has 2 aromatic rings. The Bertz CT molecular complexity index is 697. The fraction of sp³-hybridized carbons (Fsp3) is 0.438. The quantitative estimate of drug-likeness (QED) is 0.856. The monoisotopic (exact) mass is 334 g/mol. The number of nitrogens with zero attached hydrogens (tertiary/aromatic N) is 2. The van der Waals surface area contributed by atoms with E-state index in [2.05, 4.69) is 20.8 Å². The van der Waals surface area contributed by atoms with Crippen molar-refractivity contribution in [2.45, 2.75) is 44.9 Å². The van der Waals surface area contributed by atoms with Crippen LogP contribution in [0.25, 0.3) is 0 Å². The molecule has 0 spiro atoms. The number of anilines is 2. The molecule has 0 atom stereocenters. The molecule has 0 aliphatic heterocycles. The van der Waals surface area contributed by atoms with E-state index in [1.165, 1.54) is 48.8 Å². The van der Waals surface area contributed by atoms with Crippen LogP contribution in [0.15, 0.2) is 18.2 Å². The van der Waals surface area contributed by atoms with Crippen LogP contribution < -0.4 is 10.6 Å². The van der Waals surface area contributed by atoms with Gasteiger partial charge in [0.05, 0.1) is 0 Å². The molecule has 2 N–H and O–H groups in total. The van der Waals surface area contributed by atoms with Gasteiger partial charge in [-0.05, 0) is 43.5 Å². The summed E-state index contributed by atoms with van der Waals surface area (Å²) in [4.78, 5) is 12.0. The molecule has 2 amide bonds. The van der Waals surface area contributed by atoms with Crippen molar-refractivity contribution in [2.75, 3.05) is 10.6 Å². The fourth-order valence-electron chi connectivity index (χ4n) is 2.82. The summed E-state index contributed by atoms with van der Waals surface area (Å²) in [5.41, 5.74) is 1.24. The minimum Gasteiger partial charge on any atom is -0.307 e. The SMILES string of the molecule is Cc1cc(F)ccc1NC(=O)Nc1nnc(C2CCCCC2)s1. The predicted octanol–water partition coefficient (Wildman–Crippen LogP) is 4.68. The number of carbonyl (C=O) groups is 1. The highest BCUT2D eigenvalue weighted by molar-refractivity contribution is 7.15. The number of rotatable bonds is 3.